The van der Waals surface area contributed by atoms with E-state index >= 15 is 0 Å². The summed E-state index contributed by atoms with van der Waals surface area (Å²) in [6.45, 7) is 9.89. The number of aromatic nitrogens is 3. The molecule has 6 aromatic rings. The van der Waals surface area contributed by atoms with E-state index in [1.807, 2.05) is 40.6 Å². The molecule has 0 atom stereocenters. The Labute approximate surface area is 329 Å². The van der Waals surface area contributed by atoms with Crippen LogP contribution in [0.3, 0.4) is 0 Å². The summed E-state index contributed by atoms with van der Waals surface area (Å²) in [6.07, 6.45) is 7.08. The van der Waals surface area contributed by atoms with Gasteiger partial charge in [0.25, 0.3) is 0 Å². The molecule has 0 aliphatic heterocycles. The van der Waals surface area contributed by atoms with Gasteiger partial charge in [-0.1, -0.05) is 39.0 Å². The number of aryl methyl sites for hydroxylation is 4. The van der Waals surface area contributed by atoms with Gasteiger partial charge in [-0.05, 0) is 73.2 Å². The van der Waals surface area contributed by atoms with Crippen LogP contribution in [0, 0.1) is 6.92 Å². The van der Waals surface area contributed by atoms with Gasteiger partial charge in [0, 0.05) is 43.4 Å². The summed E-state index contributed by atoms with van der Waals surface area (Å²) in [5.41, 5.74) is 3.09. The zero-order chi connectivity index (χ0) is 39.2. The number of ketones is 3. The number of furan rings is 3. The topological polar surface area (TPSA) is 146 Å². The molecule has 0 aliphatic carbocycles. The number of hydrogen-bond acceptors (Lipinski definition) is 10. The maximum atomic E-state index is 12.0. The van der Waals surface area contributed by atoms with Gasteiger partial charge < -0.3 is 18.0 Å². The molecule has 0 saturated heterocycles. The number of carbonyl (C=O) groups is 4. The van der Waals surface area contributed by atoms with Crippen molar-refractivity contribution in [2.45, 2.75) is 52.8 Å². The van der Waals surface area contributed by atoms with Crippen molar-refractivity contribution in [3.63, 3.8) is 0 Å². The van der Waals surface area contributed by atoms with E-state index in [-0.39, 0.29) is 17.3 Å². The molecule has 0 saturated carbocycles. The molecule has 274 valence electrons. The minimum atomic E-state index is -0.931. The van der Waals surface area contributed by atoms with Crippen molar-refractivity contribution in [1.82, 2.24) is 15.0 Å². The molecule has 53 heavy (non-hydrogen) atoms. The second kappa shape index (κ2) is 24.7. The average Bonchev–Trinajstić information content (AvgIpc) is 3.98. The van der Waals surface area contributed by atoms with Crippen LogP contribution in [0.2, 0.25) is 0 Å². The number of alkyl halides is 1. The summed E-state index contributed by atoms with van der Waals surface area (Å²) in [7, 11) is 9.90. The maximum absolute atomic E-state index is 12.0. The first-order chi connectivity index (χ1) is 25.7. The van der Waals surface area contributed by atoms with Gasteiger partial charge in [-0.3, -0.25) is 29.3 Å². The third-order valence-electron chi connectivity index (χ3n) is 7.08. The Balaban J connectivity index is 0.000000259. The fourth-order valence-electron chi connectivity index (χ4n) is 4.53. The summed E-state index contributed by atoms with van der Waals surface area (Å²) in [5, 5.41) is 0. The number of hydrogen-bond donors (Lipinski definition) is 0. The van der Waals surface area contributed by atoms with Gasteiger partial charge in [0.05, 0.1) is 5.88 Å². The van der Waals surface area contributed by atoms with E-state index in [4.69, 9.17) is 49.0 Å². The van der Waals surface area contributed by atoms with Crippen molar-refractivity contribution in [3.05, 3.63) is 160 Å². The Kier molecular flexibility index (Phi) is 20.8. The van der Waals surface area contributed by atoms with E-state index in [1.54, 1.807) is 91.4 Å². The summed E-state index contributed by atoms with van der Waals surface area (Å²) in [4.78, 5) is 55.8. The Hall–Kier alpha value is -4.54. The first-order valence-electron chi connectivity index (χ1n) is 16.3. The first kappa shape index (κ1) is 44.6. The molecule has 0 aromatic carbocycles. The van der Waals surface area contributed by atoms with E-state index in [0.29, 0.717) is 40.2 Å². The van der Waals surface area contributed by atoms with E-state index < -0.39 is 15.1 Å². The van der Waals surface area contributed by atoms with Gasteiger partial charge in [-0.2, -0.15) is 0 Å². The van der Waals surface area contributed by atoms with Crippen molar-refractivity contribution in [2.75, 3.05) is 0 Å². The van der Waals surface area contributed by atoms with Gasteiger partial charge in [0.2, 0.25) is 17.3 Å². The van der Waals surface area contributed by atoms with Gasteiger partial charge >= 0.3 is 34.5 Å². The van der Waals surface area contributed by atoms with E-state index in [1.165, 1.54) is 0 Å². The van der Waals surface area contributed by atoms with E-state index in [0.717, 1.165) is 47.7 Å². The van der Waals surface area contributed by atoms with Crippen LogP contribution in [0.1, 0.15) is 97.9 Å². The van der Waals surface area contributed by atoms with E-state index in [9.17, 15) is 14.4 Å². The molecule has 10 nitrogen and oxygen atoms in total. The SMILES string of the molecule is C=O.CCc1ccc(C(=O)c2ccccn2)o1.CCc1oc(C(=O)c2ccccn2)cc1C.CCc1oc(C(=O)c2ccccn2)cc1CCl.[Cl][Zn][Cl]. The Morgan fingerprint density at radius 3 is 1.40 bits per heavy atom. The van der Waals surface area contributed by atoms with Crippen LogP contribution in [0.4, 0.5) is 0 Å². The van der Waals surface area contributed by atoms with Gasteiger partial charge in [0.1, 0.15) is 41.2 Å². The zero-order valence-electron chi connectivity index (χ0n) is 29.8. The van der Waals surface area contributed by atoms with Crippen LogP contribution in [0.5, 0.6) is 0 Å². The second-order valence-corrected chi connectivity index (χ2v) is 15.4. The predicted octanol–water partition coefficient (Wildman–Crippen LogP) is 9.64. The van der Waals surface area contributed by atoms with Crippen LogP contribution in [-0.4, -0.2) is 39.1 Å². The quantitative estimate of drug-likeness (QED) is 0.0743. The van der Waals surface area contributed by atoms with Gasteiger partial charge in [-0.25, -0.2) is 0 Å². The van der Waals surface area contributed by atoms with Crippen molar-refractivity contribution >= 4 is 55.1 Å². The van der Waals surface area contributed by atoms with Crippen LogP contribution in [0.25, 0.3) is 0 Å². The summed E-state index contributed by atoms with van der Waals surface area (Å²) < 4.78 is 16.3. The number of halogens is 3. The number of nitrogens with zero attached hydrogens (tertiary/aromatic N) is 3. The fraction of sp³-hybridized carbons (Fsp3) is 0.205. The monoisotopic (exact) mass is 829 g/mol. The standard InChI is InChI=1S/C13H12ClNO2.C13H13NO2.C12H11NO2.CH2O.2ClH.Zn/c1-2-11-9(8-14)7-12(17-11)13(16)10-5-3-4-6-15-10;1-3-11-9(2)8-12(16-11)13(15)10-6-4-5-7-14-10;1-2-9-6-7-11(15-9)12(14)10-5-3-4-8-13-10;1-2;;;/h3-7H,2,8H2,1H3;4-8H,3H2,1-2H3;3-8H,2H2,1H3;1H2;2*1H;/q;;;;;;+2/p-2. The Morgan fingerprint density at radius 1 is 0.623 bits per heavy atom. The van der Waals surface area contributed by atoms with Crippen molar-refractivity contribution in [2.24, 2.45) is 0 Å². The molecule has 0 spiro atoms. The van der Waals surface area contributed by atoms with Gasteiger partial charge in [0.15, 0.2) is 17.3 Å². The molecule has 14 heteroatoms. The number of rotatable bonds is 10. The van der Waals surface area contributed by atoms with E-state index in [2.05, 4.69) is 15.0 Å². The molecule has 0 bridgehead atoms. The number of pyridine rings is 3. The van der Waals surface area contributed by atoms with Gasteiger partial charge in [-0.15, -0.1) is 11.6 Å². The summed E-state index contributed by atoms with van der Waals surface area (Å²) >= 11 is 4.86. The van der Waals surface area contributed by atoms with Crippen LogP contribution >= 0.6 is 31.0 Å². The third kappa shape index (κ3) is 13.8. The predicted molar refractivity (Wildman–Crippen MR) is 200 cm³/mol. The average molecular weight is 832 g/mol. The van der Waals surface area contributed by atoms with Crippen LogP contribution in [-0.2, 0) is 45.1 Å². The molecule has 6 heterocycles. The Morgan fingerprint density at radius 2 is 1.06 bits per heavy atom. The minimum absolute atomic E-state index is 0.164. The molecule has 0 aliphatic rings. The van der Waals surface area contributed by atoms with Crippen LogP contribution in [0.15, 0.2) is 111 Å². The molecule has 0 N–H and O–H groups in total. The van der Waals surface area contributed by atoms with Crippen molar-refractivity contribution in [3.8, 4) is 0 Å². The molecule has 6 aromatic heterocycles. The third-order valence-corrected chi connectivity index (χ3v) is 7.37. The molecule has 6 rings (SSSR count). The summed E-state index contributed by atoms with van der Waals surface area (Å²) in [5.74, 6) is 3.26. The molecule has 0 fully saturated rings. The summed E-state index contributed by atoms with van der Waals surface area (Å²) in [6, 6.07) is 22.7. The first-order valence-corrected chi connectivity index (χ1v) is 24.7. The Bertz CT molecular complexity index is 1960. The number of carbonyl (C=O) groups excluding carboxylic acids is 4. The zero-order valence-corrected chi connectivity index (χ0v) is 35.0. The molecular weight excluding hydrogens is 794 g/mol. The molecule has 0 radical (unpaired) electrons. The van der Waals surface area contributed by atoms with Crippen LogP contribution < -0.4 is 0 Å². The second-order valence-electron chi connectivity index (χ2n) is 10.5. The normalized spacial score (nSPS) is 9.64. The molecule has 0 unspecified atom stereocenters. The molecular formula is C39H38Cl3N3O7Zn. The van der Waals surface area contributed by atoms with Crippen molar-refractivity contribution in [1.29, 1.82) is 0 Å². The fourth-order valence-corrected chi connectivity index (χ4v) is 4.76. The molecule has 0 amide bonds. The van der Waals surface area contributed by atoms with Crippen molar-refractivity contribution < 1.29 is 47.6 Å².